The van der Waals surface area contributed by atoms with Crippen LogP contribution in [0.2, 0.25) is 0 Å². The number of nitrogens with one attached hydrogen (secondary N) is 1. The van der Waals surface area contributed by atoms with Gasteiger partial charge in [0.2, 0.25) is 5.95 Å². The van der Waals surface area contributed by atoms with Crippen LogP contribution < -0.4 is 19.7 Å². The highest BCUT2D eigenvalue weighted by Crippen LogP contribution is 2.18. The molecule has 0 bridgehead atoms. The average molecular weight is 385 g/mol. The molecule has 1 aromatic heterocycles. The van der Waals surface area contributed by atoms with Crippen molar-refractivity contribution in [3.8, 4) is 11.8 Å². The zero-order valence-corrected chi connectivity index (χ0v) is 16.5. The van der Waals surface area contributed by atoms with E-state index >= 15 is 0 Å². The number of methoxy groups -OCH3 is 1. The van der Waals surface area contributed by atoms with E-state index in [1.165, 1.54) is 7.11 Å². The van der Waals surface area contributed by atoms with Gasteiger partial charge in [0.25, 0.3) is 5.91 Å². The van der Waals surface area contributed by atoms with Crippen LogP contribution in [0, 0.1) is 0 Å². The summed E-state index contributed by atoms with van der Waals surface area (Å²) in [6.45, 7) is 4.85. The predicted molar refractivity (Wildman–Crippen MR) is 106 cm³/mol. The van der Waals surface area contributed by atoms with Gasteiger partial charge >= 0.3 is 6.01 Å². The van der Waals surface area contributed by atoms with Crippen molar-refractivity contribution in [2.75, 3.05) is 31.7 Å². The van der Waals surface area contributed by atoms with Crippen LogP contribution in [0.25, 0.3) is 0 Å². The maximum atomic E-state index is 12.4. The van der Waals surface area contributed by atoms with Gasteiger partial charge in [-0.1, -0.05) is 13.3 Å². The number of carbonyl (C=O) groups is 1. The second-order valence-corrected chi connectivity index (χ2v) is 6.64. The predicted octanol–water partition coefficient (Wildman–Crippen LogP) is 2.59. The Bertz CT molecular complexity index is 776. The number of anilines is 1. The number of hydrogen-bond donors (Lipinski definition) is 1. The molecule has 0 spiro atoms. The van der Waals surface area contributed by atoms with Gasteiger partial charge in [0, 0.05) is 18.7 Å². The van der Waals surface area contributed by atoms with E-state index in [0.717, 1.165) is 44.5 Å². The summed E-state index contributed by atoms with van der Waals surface area (Å²) >= 11 is 0. The summed E-state index contributed by atoms with van der Waals surface area (Å²) in [6, 6.07) is 7.37. The highest BCUT2D eigenvalue weighted by atomic mass is 16.5. The lowest BCUT2D eigenvalue weighted by molar-refractivity contribution is 0.0949. The molecule has 150 valence electrons. The molecule has 2 heterocycles. The smallest absolute Gasteiger partial charge is 0.321 e. The Balaban J connectivity index is 1.60. The fourth-order valence-electron chi connectivity index (χ4n) is 2.91. The van der Waals surface area contributed by atoms with Gasteiger partial charge in [0.05, 0.1) is 20.3 Å². The molecule has 0 aliphatic carbocycles. The standard InChI is InChI=1S/C20H27N5O3/c1-3-4-13-28-16-9-7-15(8-10-16)18(26)21-14-17-22-19(24-20(23-17)27-2)25-11-5-6-12-25/h7-10H,3-6,11-14H2,1-2H3,(H,21,26). The second-order valence-electron chi connectivity index (χ2n) is 6.64. The SMILES string of the molecule is CCCCOc1ccc(C(=O)NCc2nc(OC)nc(N3CCCC3)n2)cc1. The monoisotopic (exact) mass is 385 g/mol. The maximum Gasteiger partial charge on any atom is 0.321 e. The first-order valence-electron chi connectivity index (χ1n) is 9.74. The Morgan fingerprint density at radius 1 is 1.14 bits per heavy atom. The Hall–Kier alpha value is -2.90. The highest BCUT2D eigenvalue weighted by molar-refractivity contribution is 5.94. The minimum atomic E-state index is -0.192. The van der Waals surface area contributed by atoms with E-state index in [9.17, 15) is 4.79 Å². The van der Waals surface area contributed by atoms with E-state index in [1.807, 2.05) is 12.1 Å². The molecule has 3 rings (SSSR count). The van der Waals surface area contributed by atoms with Gasteiger partial charge in [0.1, 0.15) is 5.75 Å². The summed E-state index contributed by atoms with van der Waals surface area (Å²) in [5.41, 5.74) is 0.559. The molecule has 2 aromatic rings. The molecule has 28 heavy (non-hydrogen) atoms. The molecule has 0 radical (unpaired) electrons. The largest absolute Gasteiger partial charge is 0.494 e. The van der Waals surface area contributed by atoms with Crippen LogP contribution in [0.3, 0.4) is 0 Å². The van der Waals surface area contributed by atoms with Crippen molar-refractivity contribution in [1.82, 2.24) is 20.3 Å². The Morgan fingerprint density at radius 2 is 1.89 bits per heavy atom. The number of amides is 1. The third kappa shape index (κ3) is 5.31. The van der Waals surface area contributed by atoms with E-state index in [1.54, 1.807) is 12.1 Å². The van der Waals surface area contributed by atoms with Gasteiger partial charge in [-0.05, 0) is 43.5 Å². The number of benzene rings is 1. The molecule has 1 aromatic carbocycles. The van der Waals surface area contributed by atoms with Crippen molar-refractivity contribution in [2.45, 2.75) is 39.2 Å². The molecular weight excluding hydrogens is 358 g/mol. The first-order valence-corrected chi connectivity index (χ1v) is 9.74. The summed E-state index contributed by atoms with van der Waals surface area (Å²) in [5, 5.41) is 2.85. The van der Waals surface area contributed by atoms with Gasteiger partial charge < -0.3 is 19.7 Å². The quantitative estimate of drug-likeness (QED) is 0.664. The second kappa shape index (κ2) is 9.87. The number of hydrogen-bond acceptors (Lipinski definition) is 7. The van der Waals surface area contributed by atoms with Crippen LogP contribution in [-0.4, -0.2) is 47.7 Å². The van der Waals surface area contributed by atoms with Crippen LogP contribution in [-0.2, 0) is 6.54 Å². The van der Waals surface area contributed by atoms with Gasteiger partial charge in [-0.2, -0.15) is 15.0 Å². The summed E-state index contributed by atoms with van der Waals surface area (Å²) in [7, 11) is 1.52. The number of rotatable bonds is 9. The molecule has 8 nitrogen and oxygen atoms in total. The van der Waals surface area contributed by atoms with E-state index in [4.69, 9.17) is 9.47 Å². The average Bonchev–Trinajstić information content (AvgIpc) is 3.27. The molecule has 1 saturated heterocycles. The van der Waals surface area contributed by atoms with Gasteiger partial charge in [0.15, 0.2) is 5.82 Å². The Morgan fingerprint density at radius 3 is 2.57 bits per heavy atom. The summed E-state index contributed by atoms with van der Waals surface area (Å²) in [6.07, 6.45) is 4.34. The van der Waals surface area contributed by atoms with Crippen LogP contribution in [0.5, 0.6) is 11.8 Å². The minimum absolute atomic E-state index is 0.192. The lowest BCUT2D eigenvalue weighted by atomic mass is 10.2. The summed E-state index contributed by atoms with van der Waals surface area (Å²) in [4.78, 5) is 27.6. The van der Waals surface area contributed by atoms with Crippen LogP contribution in [0.4, 0.5) is 5.95 Å². The highest BCUT2D eigenvalue weighted by Gasteiger charge is 2.18. The Labute approximate surface area is 165 Å². The molecule has 1 aliphatic heterocycles. The first-order chi connectivity index (χ1) is 13.7. The van der Waals surface area contributed by atoms with Crippen LogP contribution in [0.1, 0.15) is 48.8 Å². The number of unbranched alkanes of at least 4 members (excludes halogenated alkanes) is 1. The van der Waals surface area contributed by atoms with Crippen molar-refractivity contribution < 1.29 is 14.3 Å². The number of carbonyl (C=O) groups excluding carboxylic acids is 1. The van der Waals surface area contributed by atoms with Gasteiger partial charge in [-0.25, -0.2) is 0 Å². The third-order valence-electron chi connectivity index (χ3n) is 4.51. The lowest BCUT2D eigenvalue weighted by Crippen LogP contribution is -2.26. The molecular formula is C20H27N5O3. The van der Waals surface area contributed by atoms with Crippen LogP contribution in [0.15, 0.2) is 24.3 Å². The number of ether oxygens (including phenoxy) is 2. The summed E-state index contributed by atoms with van der Waals surface area (Å²) in [5.74, 6) is 1.65. The van der Waals surface area contributed by atoms with Crippen molar-refractivity contribution in [3.63, 3.8) is 0 Å². The van der Waals surface area contributed by atoms with Crippen LogP contribution >= 0.6 is 0 Å². The normalized spacial score (nSPS) is 13.4. The van der Waals surface area contributed by atoms with Gasteiger partial charge in [-0.15, -0.1) is 0 Å². The molecule has 1 N–H and O–H groups in total. The third-order valence-corrected chi connectivity index (χ3v) is 4.51. The van der Waals surface area contributed by atoms with Crippen molar-refractivity contribution in [2.24, 2.45) is 0 Å². The topological polar surface area (TPSA) is 89.5 Å². The summed E-state index contributed by atoms with van der Waals surface area (Å²) < 4.78 is 10.8. The molecule has 8 heteroatoms. The lowest BCUT2D eigenvalue weighted by Gasteiger charge is -2.16. The molecule has 0 unspecified atom stereocenters. The first kappa shape index (κ1) is 19.9. The van der Waals surface area contributed by atoms with E-state index < -0.39 is 0 Å². The fraction of sp³-hybridized carbons (Fsp3) is 0.500. The minimum Gasteiger partial charge on any atom is -0.494 e. The van der Waals surface area contributed by atoms with Crippen molar-refractivity contribution in [3.05, 3.63) is 35.7 Å². The fourth-order valence-corrected chi connectivity index (χ4v) is 2.91. The zero-order chi connectivity index (χ0) is 19.8. The van der Waals surface area contributed by atoms with Crippen molar-refractivity contribution in [1.29, 1.82) is 0 Å². The maximum absolute atomic E-state index is 12.4. The zero-order valence-electron chi connectivity index (χ0n) is 16.5. The molecule has 1 amide bonds. The number of aromatic nitrogens is 3. The van der Waals surface area contributed by atoms with E-state index in [0.29, 0.717) is 23.9 Å². The van der Waals surface area contributed by atoms with E-state index in [-0.39, 0.29) is 18.5 Å². The van der Waals surface area contributed by atoms with Gasteiger partial charge in [-0.3, -0.25) is 4.79 Å². The molecule has 0 atom stereocenters. The molecule has 1 fully saturated rings. The van der Waals surface area contributed by atoms with Crippen molar-refractivity contribution >= 4 is 11.9 Å². The Kier molecular flexibility index (Phi) is 7.00. The number of nitrogens with zero attached hydrogens (tertiary/aromatic N) is 4. The van der Waals surface area contributed by atoms with E-state index in [2.05, 4.69) is 32.1 Å². The molecule has 0 saturated carbocycles. The molecule has 1 aliphatic rings.